The fourth-order valence-corrected chi connectivity index (χ4v) is 2.99. The number of carboxylic acids is 1. The van der Waals surface area contributed by atoms with Crippen molar-refractivity contribution in [3.8, 4) is 0 Å². The van der Waals surface area contributed by atoms with Crippen LogP contribution in [0.25, 0.3) is 0 Å². The van der Waals surface area contributed by atoms with E-state index in [-0.39, 0.29) is 10.8 Å². The monoisotopic (exact) mass is 312 g/mol. The molecule has 1 amide bonds. The highest BCUT2D eigenvalue weighted by molar-refractivity contribution is 7.18. The summed E-state index contributed by atoms with van der Waals surface area (Å²) in [4.78, 5) is 23.4. The molecule has 0 bridgehead atoms. The zero-order valence-corrected chi connectivity index (χ0v) is 12.5. The van der Waals surface area contributed by atoms with Crippen LogP contribution in [0.4, 0.5) is 5.00 Å². The van der Waals surface area contributed by atoms with Crippen molar-refractivity contribution in [2.24, 2.45) is 0 Å². The zero-order chi connectivity index (χ0) is 14.9. The minimum absolute atomic E-state index is 0.226. The van der Waals surface area contributed by atoms with Crippen LogP contribution < -0.4 is 5.32 Å². The van der Waals surface area contributed by atoms with Crippen LogP contribution in [0, 0.1) is 6.92 Å². The van der Waals surface area contributed by atoms with Crippen LogP contribution in [0.2, 0.25) is 5.02 Å². The number of carbonyl (C=O) groups is 2. The zero-order valence-electron chi connectivity index (χ0n) is 10.9. The smallest absolute Gasteiger partial charge is 0.346 e. The van der Waals surface area contributed by atoms with Crippen molar-refractivity contribution in [1.82, 2.24) is 4.57 Å². The third kappa shape index (κ3) is 2.86. The second-order valence-corrected chi connectivity index (χ2v) is 5.70. The number of halogens is 1. The highest BCUT2D eigenvalue weighted by Gasteiger charge is 2.16. The first-order valence-electron chi connectivity index (χ1n) is 5.93. The Hall–Kier alpha value is -1.79. The quantitative estimate of drug-likeness (QED) is 0.908. The molecule has 2 heterocycles. The van der Waals surface area contributed by atoms with Crippen LogP contribution in [0.15, 0.2) is 18.3 Å². The van der Waals surface area contributed by atoms with Gasteiger partial charge in [0.2, 0.25) is 0 Å². The molecule has 0 spiro atoms. The molecule has 0 aromatic carbocycles. The lowest BCUT2D eigenvalue weighted by Crippen LogP contribution is -2.15. The molecule has 0 saturated heterocycles. The largest absolute Gasteiger partial charge is 0.477 e. The summed E-state index contributed by atoms with van der Waals surface area (Å²) in [7, 11) is 0. The molecule has 2 aromatic heterocycles. The van der Waals surface area contributed by atoms with Crippen molar-refractivity contribution in [1.29, 1.82) is 0 Å². The van der Waals surface area contributed by atoms with Crippen molar-refractivity contribution >= 4 is 39.8 Å². The van der Waals surface area contributed by atoms with E-state index in [9.17, 15) is 9.59 Å². The van der Waals surface area contributed by atoms with Crippen molar-refractivity contribution in [3.05, 3.63) is 39.5 Å². The van der Waals surface area contributed by atoms with Gasteiger partial charge in [0.1, 0.15) is 10.6 Å². The molecule has 0 aliphatic carbocycles. The maximum atomic E-state index is 12.2. The SMILES string of the molecule is CCn1cc(Cl)cc1C(=O)Nc1cc(C)c(C(=O)O)s1. The molecule has 0 fully saturated rings. The fourth-order valence-electron chi connectivity index (χ4n) is 1.86. The normalized spacial score (nSPS) is 10.6. The number of amides is 1. The number of aromatic nitrogens is 1. The number of carbonyl (C=O) groups excluding carboxylic acids is 1. The molecule has 0 saturated carbocycles. The Morgan fingerprint density at radius 2 is 2.15 bits per heavy atom. The second-order valence-electron chi connectivity index (χ2n) is 4.21. The third-order valence-corrected chi connectivity index (χ3v) is 4.13. The summed E-state index contributed by atoms with van der Waals surface area (Å²) in [6.07, 6.45) is 1.68. The van der Waals surface area contributed by atoms with E-state index < -0.39 is 5.97 Å². The molecular weight excluding hydrogens is 300 g/mol. The average molecular weight is 313 g/mol. The van der Waals surface area contributed by atoms with E-state index in [0.29, 0.717) is 27.8 Å². The van der Waals surface area contributed by atoms with Gasteiger partial charge in [-0.3, -0.25) is 4.79 Å². The summed E-state index contributed by atoms with van der Waals surface area (Å²) >= 11 is 6.92. The van der Waals surface area contributed by atoms with E-state index in [1.807, 2.05) is 6.92 Å². The number of rotatable bonds is 4. The molecule has 20 heavy (non-hydrogen) atoms. The van der Waals surface area contributed by atoms with Gasteiger partial charge in [-0.15, -0.1) is 11.3 Å². The van der Waals surface area contributed by atoms with E-state index in [1.165, 1.54) is 0 Å². The molecule has 0 aliphatic rings. The summed E-state index contributed by atoms with van der Waals surface area (Å²) in [5, 5.41) is 12.7. The Morgan fingerprint density at radius 1 is 1.45 bits per heavy atom. The summed E-state index contributed by atoms with van der Waals surface area (Å²) in [5.41, 5.74) is 1.07. The van der Waals surface area contributed by atoms with E-state index in [1.54, 1.807) is 29.8 Å². The lowest BCUT2D eigenvalue weighted by molar-refractivity contribution is 0.0701. The first-order chi connectivity index (χ1) is 9.42. The molecule has 0 unspecified atom stereocenters. The summed E-state index contributed by atoms with van der Waals surface area (Å²) in [6, 6.07) is 3.23. The molecule has 2 rings (SSSR count). The van der Waals surface area contributed by atoms with Crippen LogP contribution in [-0.2, 0) is 6.54 Å². The molecule has 0 radical (unpaired) electrons. The summed E-state index contributed by atoms with van der Waals surface area (Å²) in [6.45, 7) is 4.23. The van der Waals surface area contributed by atoms with E-state index in [4.69, 9.17) is 16.7 Å². The Balaban J connectivity index is 2.23. The lowest BCUT2D eigenvalue weighted by Gasteiger charge is -2.05. The maximum absolute atomic E-state index is 12.2. The fraction of sp³-hybridized carbons (Fsp3) is 0.231. The summed E-state index contributed by atoms with van der Waals surface area (Å²) in [5.74, 6) is -1.30. The number of nitrogens with one attached hydrogen (secondary N) is 1. The highest BCUT2D eigenvalue weighted by atomic mass is 35.5. The molecule has 0 atom stereocenters. The molecule has 106 valence electrons. The predicted octanol–water partition coefficient (Wildman–Crippen LogP) is 3.48. The van der Waals surface area contributed by atoms with Gasteiger partial charge in [0.05, 0.1) is 10.0 Å². The van der Waals surface area contributed by atoms with E-state index in [0.717, 1.165) is 11.3 Å². The van der Waals surface area contributed by atoms with Gasteiger partial charge in [-0.2, -0.15) is 0 Å². The standard InChI is InChI=1S/C13H13ClN2O3S/c1-3-16-6-8(14)5-9(16)12(17)15-10-4-7(2)11(20-10)13(18)19/h4-6H,3H2,1-2H3,(H,15,17)(H,18,19). The van der Waals surface area contributed by atoms with Crippen LogP contribution in [0.3, 0.4) is 0 Å². The van der Waals surface area contributed by atoms with Crippen molar-refractivity contribution in [2.45, 2.75) is 20.4 Å². The second kappa shape index (κ2) is 5.68. The number of carboxylic acid groups (broad SMARTS) is 1. The Kier molecular flexibility index (Phi) is 4.15. The third-order valence-electron chi connectivity index (χ3n) is 2.79. The van der Waals surface area contributed by atoms with Gasteiger partial charge in [0.25, 0.3) is 5.91 Å². The van der Waals surface area contributed by atoms with Gasteiger partial charge in [-0.25, -0.2) is 4.79 Å². The van der Waals surface area contributed by atoms with Gasteiger partial charge in [0, 0.05) is 12.7 Å². The maximum Gasteiger partial charge on any atom is 0.346 e. The minimum atomic E-state index is -0.993. The number of aryl methyl sites for hydroxylation is 2. The van der Waals surface area contributed by atoms with Crippen molar-refractivity contribution in [3.63, 3.8) is 0 Å². The van der Waals surface area contributed by atoms with Gasteiger partial charge >= 0.3 is 5.97 Å². The molecule has 2 N–H and O–H groups in total. The first kappa shape index (κ1) is 14.6. The van der Waals surface area contributed by atoms with Gasteiger partial charge < -0.3 is 15.0 Å². The van der Waals surface area contributed by atoms with Gasteiger partial charge in [0.15, 0.2) is 0 Å². The first-order valence-corrected chi connectivity index (χ1v) is 7.12. The van der Waals surface area contributed by atoms with E-state index in [2.05, 4.69) is 5.32 Å². The van der Waals surface area contributed by atoms with Crippen LogP contribution >= 0.6 is 22.9 Å². The Labute approximate surface area is 124 Å². The molecular formula is C13H13ClN2O3S. The molecule has 0 aliphatic heterocycles. The van der Waals surface area contributed by atoms with Crippen LogP contribution in [0.1, 0.15) is 32.6 Å². The molecule has 2 aromatic rings. The highest BCUT2D eigenvalue weighted by Crippen LogP contribution is 2.27. The minimum Gasteiger partial charge on any atom is -0.477 e. The van der Waals surface area contributed by atoms with Gasteiger partial charge in [-0.1, -0.05) is 11.6 Å². The number of thiophene rings is 1. The number of hydrogen-bond acceptors (Lipinski definition) is 3. The number of anilines is 1. The topological polar surface area (TPSA) is 71.3 Å². The number of nitrogens with zero attached hydrogens (tertiary/aromatic N) is 1. The summed E-state index contributed by atoms with van der Waals surface area (Å²) < 4.78 is 1.73. The van der Waals surface area contributed by atoms with Crippen molar-refractivity contribution in [2.75, 3.05) is 5.32 Å². The average Bonchev–Trinajstić information content (AvgIpc) is 2.92. The number of hydrogen-bond donors (Lipinski definition) is 2. The van der Waals surface area contributed by atoms with E-state index >= 15 is 0 Å². The molecule has 7 heteroatoms. The van der Waals surface area contributed by atoms with Crippen LogP contribution in [-0.4, -0.2) is 21.6 Å². The lowest BCUT2D eigenvalue weighted by atomic mass is 10.3. The Bertz CT molecular complexity index is 675. The van der Waals surface area contributed by atoms with Crippen LogP contribution in [0.5, 0.6) is 0 Å². The number of aromatic carboxylic acids is 1. The predicted molar refractivity (Wildman–Crippen MR) is 79.1 cm³/mol. The van der Waals surface area contributed by atoms with Crippen molar-refractivity contribution < 1.29 is 14.7 Å². The Morgan fingerprint density at radius 3 is 2.70 bits per heavy atom. The van der Waals surface area contributed by atoms with Gasteiger partial charge in [-0.05, 0) is 31.5 Å². The molecule has 5 nitrogen and oxygen atoms in total.